The van der Waals surface area contributed by atoms with Crippen molar-refractivity contribution in [2.45, 2.75) is 33.2 Å². The minimum Gasteiger partial charge on any atom is -0.333 e. The van der Waals surface area contributed by atoms with E-state index in [4.69, 9.17) is 4.84 Å². The zero-order chi connectivity index (χ0) is 10.9. The molecule has 0 radical (unpaired) electrons. The summed E-state index contributed by atoms with van der Waals surface area (Å²) in [5.74, 6) is -0.741. The Morgan fingerprint density at radius 1 is 1.57 bits per heavy atom. The summed E-state index contributed by atoms with van der Waals surface area (Å²) in [6.45, 7) is 8.69. The van der Waals surface area contributed by atoms with Gasteiger partial charge < -0.3 is 4.84 Å². The molecule has 0 aromatic carbocycles. The van der Waals surface area contributed by atoms with E-state index in [9.17, 15) is 9.59 Å². The van der Waals surface area contributed by atoms with Gasteiger partial charge in [-0.05, 0) is 20.3 Å². The highest BCUT2D eigenvalue weighted by Gasteiger charge is 2.37. The van der Waals surface area contributed by atoms with Crippen LogP contribution in [0.2, 0.25) is 0 Å². The van der Waals surface area contributed by atoms with E-state index < -0.39 is 5.97 Å². The van der Waals surface area contributed by atoms with Crippen molar-refractivity contribution in [3.63, 3.8) is 0 Å². The van der Waals surface area contributed by atoms with Crippen molar-refractivity contribution in [2.24, 2.45) is 5.92 Å². The minimum absolute atomic E-state index is 0.0409. The molecule has 14 heavy (non-hydrogen) atoms. The summed E-state index contributed by atoms with van der Waals surface area (Å²) in [6, 6.07) is -0.0409. The number of nitrogens with zero attached hydrogens (tertiary/aromatic N) is 1. The highest BCUT2D eigenvalue weighted by atomic mass is 16.7. The van der Waals surface area contributed by atoms with Gasteiger partial charge in [0.15, 0.2) is 0 Å². The molecule has 2 atom stereocenters. The highest BCUT2D eigenvalue weighted by molar-refractivity contribution is 5.89. The Morgan fingerprint density at radius 3 is 2.50 bits per heavy atom. The second-order valence-electron chi connectivity index (χ2n) is 3.81. The molecule has 2 unspecified atom stereocenters. The van der Waals surface area contributed by atoms with Crippen molar-refractivity contribution in [2.75, 3.05) is 0 Å². The first-order valence-corrected chi connectivity index (χ1v) is 4.64. The van der Waals surface area contributed by atoms with Crippen LogP contribution in [0.5, 0.6) is 0 Å². The summed E-state index contributed by atoms with van der Waals surface area (Å²) in [4.78, 5) is 27.6. The molecule has 1 fully saturated rings. The summed E-state index contributed by atoms with van der Waals surface area (Å²) < 4.78 is 0. The van der Waals surface area contributed by atoms with Crippen LogP contribution in [0.1, 0.15) is 27.2 Å². The number of hydrogen-bond donors (Lipinski definition) is 0. The summed E-state index contributed by atoms with van der Waals surface area (Å²) in [5, 5.41) is 1.15. The molecule has 0 saturated carbocycles. The summed E-state index contributed by atoms with van der Waals surface area (Å²) >= 11 is 0. The first-order chi connectivity index (χ1) is 6.43. The fourth-order valence-electron chi connectivity index (χ4n) is 1.44. The van der Waals surface area contributed by atoms with Gasteiger partial charge >= 0.3 is 5.97 Å². The molecule has 0 aromatic heterocycles. The van der Waals surface area contributed by atoms with Crippen LogP contribution in [0.25, 0.3) is 0 Å². The Labute approximate surface area is 83.5 Å². The fraction of sp³-hybridized carbons (Fsp3) is 0.600. The third-order valence-electron chi connectivity index (χ3n) is 2.26. The molecule has 1 aliphatic heterocycles. The summed E-state index contributed by atoms with van der Waals surface area (Å²) in [7, 11) is 0. The molecule has 0 aliphatic carbocycles. The van der Waals surface area contributed by atoms with Crippen LogP contribution in [-0.2, 0) is 14.4 Å². The SMILES string of the molecule is C=C(C)C(=O)ON1C(=O)C(C)CC1C. The van der Waals surface area contributed by atoms with E-state index in [1.807, 2.05) is 13.8 Å². The second-order valence-corrected chi connectivity index (χ2v) is 3.81. The first-order valence-electron chi connectivity index (χ1n) is 4.64. The molecule has 0 N–H and O–H groups in total. The molecule has 0 bridgehead atoms. The van der Waals surface area contributed by atoms with Crippen molar-refractivity contribution in [1.82, 2.24) is 5.06 Å². The molecule has 1 rings (SSSR count). The van der Waals surface area contributed by atoms with Crippen molar-refractivity contribution in [3.05, 3.63) is 12.2 Å². The fourth-order valence-corrected chi connectivity index (χ4v) is 1.44. The molecule has 0 aromatic rings. The van der Waals surface area contributed by atoms with Crippen molar-refractivity contribution >= 4 is 11.9 Å². The molecular weight excluding hydrogens is 182 g/mol. The Balaban J connectivity index is 2.65. The molecule has 78 valence electrons. The molecule has 4 nitrogen and oxygen atoms in total. The number of hydroxylamine groups is 2. The number of carbonyl (C=O) groups is 2. The molecule has 1 heterocycles. The van der Waals surface area contributed by atoms with Gasteiger partial charge in [-0.25, -0.2) is 4.79 Å². The number of amides is 1. The third-order valence-corrected chi connectivity index (χ3v) is 2.26. The van der Waals surface area contributed by atoms with E-state index in [-0.39, 0.29) is 17.9 Å². The van der Waals surface area contributed by atoms with Gasteiger partial charge in [-0.3, -0.25) is 4.79 Å². The number of carbonyl (C=O) groups excluding carboxylic acids is 2. The lowest BCUT2D eigenvalue weighted by Gasteiger charge is -2.19. The van der Waals surface area contributed by atoms with Gasteiger partial charge in [0.25, 0.3) is 5.91 Å². The molecule has 0 spiro atoms. The maximum atomic E-state index is 11.5. The van der Waals surface area contributed by atoms with Gasteiger partial charge in [-0.15, -0.1) is 0 Å². The van der Waals surface area contributed by atoms with Gasteiger partial charge in [-0.1, -0.05) is 13.5 Å². The van der Waals surface area contributed by atoms with Crippen molar-refractivity contribution in [3.8, 4) is 0 Å². The molecule has 1 amide bonds. The quantitative estimate of drug-likeness (QED) is 0.626. The van der Waals surface area contributed by atoms with Crippen LogP contribution in [0, 0.1) is 5.92 Å². The topological polar surface area (TPSA) is 46.6 Å². The van der Waals surface area contributed by atoms with E-state index in [1.165, 1.54) is 0 Å². The zero-order valence-corrected chi connectivity index (χ0v) is 8.74. The Hall–Kier alpha value is -1.32. The van der Waals surface area contributed by atoms with Crippen LogP contribution in [0.3, 0.4) is 0 Å². The molecule has 1 aliphatic rings. The molecule has 1 saturated heterocycles. The predicted octanol–water partition coefficient (Wildman–Crippen LogP) is 1.28. The average Bonchev–Trinajstić information content (AvgIpc) is 2.32. The van der Waals surface area contributed by atoms with Crippen LogP contribution < -0.4 is 0 Å². The third kappa shape index (κ3) is 1.95. The monoisotopic (exact) mass is 197 g/mol. The van der Waals surface area contributed by atoms with Gasteiger partial charge in [0, 0.05) is 11.5 Å². The predicted molar refractivity (Wildman–Crippen MR) is 51.0 cm³/mol. The van der Waals surface area contributed by atoms with Gasteiger partial charge in [0.1, 0.15) is 0 Å². The lowest BCUT2D eigenvalue weighted by atomic mass is 10.1. The number of rotatable bonds is 2. The van der Waals surface area contributed by atoms with E-state index in [2.05, 4.69) is 6.58 Å². The largest absolute Gasteiger partial charge is 0.358 e. The lowest BCUT2D eigenvalue weighted by Crippen LogP contribution is -2.34. The average molecular weight is 197 g/mol. The van der Waals surface area contributed by atoms with Crippen LogP contribution in [-0.4, -0.2) is 23.0 Å². The molecule has 4 heteroatoms. The highest BCUT2D eigenvalue weighted by Crippen LogP contribution is 2.24. The second kappa shape index (κ2) is 3.82. The van der Waals surface area contributed by atoms with Gasteiger partial charge in [-0.2, -0.15) is 5.06 Å². The summed E-state index contributed by atoms with van der Waals surface area (Å²) in [5.41, 5.74) is 0.296. The molecular formula is C10H15NO3. The smallest absolute Gasteiger partial charge is 0.333 e. The first kappa shape index (κ1) is 10.8. The van der Waals surface area contributed by atoms with Crippen molar-refractivity contribution in [1.29, 1.82) is 0 Å². The van der Waals surface area contributed by atoms with E-state index in [1.54, 1.807) is 6.92 Å². The normalized spacial score (nSPS) is 26.5. The Kier molecular flexibility index (Phi) is 2.93. The van der Waals surface area contributed by atoms with Crippen LogP contribution >= 0.6 is 0 Å². The Bertz CT molecular complexity index is 285. The van der Waals surface area contributed by atoms with E-state index >= 15 is 0 Å². The van der Waals surface area contributed by atoms with Crippen LogP contribution in [0.15, 0.2) is 12.2 Å². The number of hydrogen-bond acceptors (Lipinski definition) is 3. The van der Waals surface area contributed by atoms with E-state index in [0.29, 0.717) is 5.57 Å². The van der Waals surface area contributed by atoms with E-state index in [0.717, 1.165) is 11.5 Å². The summed E-state index contributed by atoms with van der Waals surface area (Å²) in [6.07, 6.45) is 0.725. The standard InChI is InChI=1S/C10H15NO3/c1-6(2)10(13)14-11-8(4)5-7(3)9(11)12/h7-8H,1,5H2,2-4H3. The van der Waals surface area contributed by atoms with Gasteiger partial charge in [0.2, 0.25) is 0 Å². The van der Waals surface area contributed by atoms with Gasteiger partial charge in [0.05, 0.1) is 6.04 Å². The Morgan fingerprint density at radius 2 is 2.14 bits per heavy atom. The van der Waals surface area contributed by atoms with Crippen molar-refractivity contribution < 1.29 is 14.4 Å². The lowest BCUT2D eigenvalue weighted by molar-refractivity contribution is -0.196. The maximum absolute atomic E-state index is 11.5. The zero-order valence-electron chi connectivity index (χ0n) is 8.74. The maximum Gasteiger partial charge on any atom is 0.358 e. The minimum atomic E-state index is -0.542. The van der Waals surface area contributed by atoms with Crippen LogP contribution in [0.4, 0.5) is 0 Å².